The van der Waals surface area contributed by atoms with Crippen molar-refractivity contribution in [1.82, 2.24) is 20.2 Å². The molecule has 0 unspecified atom stereocenters. The first kappa shape index (κ1) is 13.5. The standard InChI is InChI=1S/C14H17ClN4O/c1-9(19-6-4-16-5-7-19)13-17-12-8-10(15)2-3-11(12)14(20)18-13/h2-3,8-9,16H,4-7H2,1H3,(H,17,18,20)/t9-/m0/s1. The van der Waals surface area contributed by atoms with Crippen LogP contribution in [0.2, 0.25) is 5.02 Å². The predicted molar refractivity (Wildman–Crippen MR) is 80.2 cm³/mol. The number of H-pyrrole nitrogens is 1. The topological polar surface area (TPSA) is 61.0 Å². The summed E-state index contributed by atoms with van der Waals surface area (Å²) in [6.45, 7) is 5.92. The van der Waals surface area contributed by atoms with Gasteiger partial charge in [-0.3, -0.25) is 9.69 Å². The zero-order valence-electron chi connectivity index (χ0n) is 11.3. The lowest BCUT2D eigenvalue weighted by Crippen LogP contribution is -2.45. The lowest BCUT2D eigenvalue weighted by Gasteiger charge is -2.32. The van der Waals surface area contributed by atoms with Crippen LogP contribution in [0.25, 0.3) is 10.9 Å². The molecule has 0 aliphatic carbocycles. The summed E-state index contributed by atoms with van der Waals surface area (Å²) in [6.07, 6.45) is 0. The molecule has 1 aromatic heterocycles. The zero-order chi connectivity index (χ0) is 14.1. The number of fused-ring (bicyclic) bond motifs is 1. The summed E-state index contributed by atoms with van der Waals surface area (Å²) in [5.41, 5.74) is 0.543. The SMILES string of the molecule is C[C@@H](c1nc2cc(Cl)ccc2c(=O)[nH]1)N1CCNCC1. The van der Waals surface area contributed by atoms with Gasteiger partial charge in [0.05, 0.1) is 16.9 Å². The minimum atomic E-state index is -0.108. The van der Waals surface area contributed by atoms with E-state index in [4.69, 9.17) is 11.6 Å². The minimum Gasteiger partial charge on any atom is -0.314 e. The van der Waals surface area contributed by atoms with E-state index in [-0.39, 0.29) is 11.6 Å². The Morgan fingerprint density at radius 3 is 2.85 bits per heavy atom. The Balaban J connectivity index is 2.00. The molecule has 0 spiro atoms. The van der Waals surface area contributed by atoms with Gasteiger partial charge in [-0.1, -0.05) is 11.6 Å². The van der Waals surface area contributed by atoms with Gasteiger partial charge < -0.3 is 10.3 Å². The Hall–Kier alpha value is -1.43. The number of nitrogens with one attached hydrogen (secondary N) is 2. The van der Waals surface area contributed by atoms with Crippen LogP contribution >= 0.6 is 11.6 Å². The third kappa shape index (κ3) is 2.57. The maximum atomic E-state index is 12.1. The molecule has 1 aliphatic heterocycles. The average molecular weight is 293 g/mol. The van der Waals surface area contributed by atoms with Gasteiger partial charge in [-0.2, -0.15) is 0 Å². The van der Waals surface area contributed by atoms with Crippen LogP contribution in [-0.2, 0) is 0 Å². The summed E-state index contributed by atoms with van der Waals surface area (Å²) in [4.78, 5) is 21.9. The normalized spacial score (nSPS) is 18.3. The highest BCUT2D eigenvalue weighted by Gasteiger charge is 2.20. The second-order valence-electron chi connectivity index (χ2n) is 5.07. The molecule has 1 atom stereocenters. The van der Waals surface area contributed by atoms with Crippen molar-refractivity contribution in [1.29, 1.82) is 0 Å². The number of nitrogens with zero attached hydrogens (tertiary/aromatic N) is 2. The molecule has 0 radical (unpaired) electrons. The Morgan fingerprint density at radius 2 is 2.10 bits per heavy atom. The molecular formula is C14H17ClN4O. The van der Waals surface area contributed by atoms with E-state index >= 15 is 0 Å². The first-order chi connectivity index (χ1) is 9.65. The number of piperazine rings is 1. The molecule has 1 aromatic carbocycles. The molecular weight excluding hydrogens is 276 g/mol. The molecule has 0 bridgehead atoms. The number of aromatic nitrogens is 2. The van der Waals surface area contributed by atoms with Crippen molar-refractivity contribution < 1.29 is 0 Å². The van der Waals surface area contributed by atoms with E-state index < -0.39 is 0 Å². The monoisotopic (exact) mass is 292 g/mol. The second kappa shape index (κ2) is 5.52. The van der Waals surface area contributed by atoms with Crippen LogP contribution in [0, 0.1) is 0 Å². The van der Waals surface area contributed by atoms with Gasteiger partial charge in [0, 0.05) is 31.2 Å². The van der Waals surface area contributed by atoms with Crippen LogP contribution < -0.4 is 10.9 Å². The molecule has 0 saturated carbocycles. The fraction of sp³-hybridized carbons (Fsp3) is 0.429. The van der Waals surface area contributed by atoms with Gasteiger partial charge in [-0.25, -0.2) is 4.98 Å². The number of halogens is 1. The maximum Gasteiger partial charge on any atom is 0.258 e. The quantitative estimate of drug-likeness (QED) is 0.881. The van der Waals surface area contributed by atoms with E-state index in [1.54, 1.807) is 18.2 Å². The molecule has 2 aromatic rings. The van der Waals surface area contributed by atoms with Gasteiger partial charge in [0.1, 0.15) is 5.82 Å². The average Bonchev–Trinajstić information content (AvgIpc) is 2.46. The van der Waals surface area contributed by atoms with E-state index in [1.807, 2.05) is 0 Å². The lowest BCUT2D eigenvalue weighted by atomic mass is 10.2. The number of hydrogen-bond donors (Lipinski definition) is 2. The van der Waals surface area contributed by atoms with Gasteiger partial charge in [0.15, 0.2) is 0 Å². The van der Waals surface area contributed by atoms with E-state index in [1.165, 1.54) is 0 Å². The van der Waals surface area contributed by atoms with Gasteiger partial charge >= 0.3 is 0 Å². The van der Waals surface area contributed by atoms with Crippen LogP contribution in [0.5, 0.6) is 0 Å². The molecule has 0 amide bonds. The Morgan fingerprint density at radius 1 is 1.35 bits per heavy atom. The smallest absolute Gasteiger partial charge is 0.258 e. The number of benzene rings is 1. The summed E-state index contributed by atoms with van der Waals surface area (Å²) >= 11 is 5.98. The number of rotatable bonds is 2. The van der Waals surface area contributed by atoms with Crippen molar-refractivity contribution in [2.24, 2.45) is 0 Å². The number of hydrogen-bond acceptors (Lipinski definition) is 4. The first-order valence-electron chi connectivity index (χ1n) is 6.79. The van der Waals surface area contributed by atoms with E-state index in [0.29, 0.717) is 21.7 Å². The van der Waals surface area contributed by atoms with Crippen LogP contribution in [0.1, 0.15) is 18.8 Å². The molecule has 1 saturated heterocycles. The van der Waals surface area contributed by atoms with Crippen molar-refractivity contribution in [3.05, 3.63) is 39.4 Å². The fourth-order valence-corrected chi connectivity index (χ4v) is 2.74. The van der Waals surface area contributed by atoms with Crippen molar-refractivity contribution in [2.75, 3.05) is 26.2 Å². The molecule has 1 aliphatic rings. The molecule has 2 heterocycles. The Labute approximate surface area is 122 Å². The summed E-state index contributed by atoms with van der Waals surface area (Å²) in [6, 6.07) is 5.25. The van der Waals surface area contributed by atoms with Crippen LogP contribution in [0.4, 0.5) is 0 Å². The maximum absolute atomic E-state index is 12.1. The molecule has 1 fully saturated rings. The van der Waals surface area contributed by atoms with Crippen LogP contribution in [0.3, 0.4) is 0 Å². The van der Waals surface area contributed by atoms with E-state index in [0.717, 1.165) is 26.2 Å². The third-order valence-corrected chi connectivity index (χ3v) is 4.02. The summed E-state index contributed by atoms with van der Waals surface area (Å²) in [5.74, 6) is 0.701. The van der Waals surface area contributed by atoms with E-state index in [2.05, 4.69) is 27.1 Å². The van der Waals surface area contributed by atoms with Crippen molar-refractivity contribution in [3.63, 3.8) is 0 Å². The summed E-state index contributed by atoms with van der Waals surface area (Å²) in [7, 11) is 0. The molecule has 106 valence electrons. The fourth-order valence-electron chi connectivity index (χ4n) is 2.57. The van der Waals surface area contributed by atoms with Crippen molar-refractivity contribution >= 4 is 22.5 Å². The van der Waals surface area contributed by atoms with Gasteiger partial charge in [-0.15, -0.1) is 0 Å². The summed E-state index contributed by atoms with van der Waals surface area (Å²) in [5, 5.41) is 4.49. The number of aromatic amines is 1. The highest BCUT2D eigenvalue weighted by Crippen LogP contribution is 2.19. The highest BCUT2D eigenvalue weighted by atomic mass is 35.5. The largest absolute Gasteiger partial charge is 0.314 e. The minimum absolute atomic E-state index is 0.0909. The molecule has 3 rings (SSSR count). The molecule has 20 heavy (non-hydrogen) atoms. The first-order valence-corrected chi connectivity index (χ1v) is 7.17. The summed E-state index contributed by atoms with van der Waals surface area (Å²) < 4.78 is 0. The zero-order valence-corrected chi connectivity index (χ0v) is 12.1. The van der Waals surface area contributed by atoms with Crippen molar-refractivity contribution in [2.45, 2.75) is 13.0 Å². The highest BCUT2D eigenvalue weighted by molar-refractivity contribution is 6.31. The predicted octanol–water partition coefficient (Wildman–Crippen LogP) is 1.54. The molecule has 5 nitrogen and oxygen atoms in total. The van der Waals surface area contributed by atoms with Gasteiger partial charge in [-0.05, 0) is 25.1 Å². The van der Waals surface area contributed by atoms with Crippen LogP contribution in [-0.4, -0.2) is 41.0 Å². The van der Waals surface area contributed by atoms with Gasteiger partial charge in [0.25, 0.3) is 5.56 Å². The third-order valence-electron chi connectivity index (χ3n) is 3.78. The second-order valence-corrected chi connectivity index (χ2v) is 5.51. The molecule has 2 N–H and O–H groups in total. The van der Waals surface area contributed by atoms with Crippen molar-refractivity contribution in [3.8, 4) is 0 Å². The Kier molecular flexibility index (Phi) is 3.74. The van der Waals surface area contributed by atoms with Gasteiger partial charge in [0.2, 0.25) is 0 Å². The molecule has 6 heteroatoms. The van der Waals surface area contributed by atoms with Crippen LogP contribution in [0.15, 0.2) is 23.0 Å². The Bertz CT molecular complexity index is 678. The lowest BCUT2D eigenvalue weighted by molar-refractivity contribution is 0.179. The van der Waals surface area contributed by atoms with E-state index in [9.17, 15) is 4.79 Å².